The van der Waals surface area contributed by atoms with Gasteiger partial charge in [0.25, 0.3) is 0 Å². The lowest BCUT2D eigenvalue weighted by molar-refractivity contribution is -0.120. The fourth-order valence-electron chi connectivity index (χ4n) is 1.18. The molecular weight excluding hydrogens is 166 g/mol. The van der Waals surface area contributed by atoms with Crippen molar-refractivity contribution in [2.75, 3.05) is 0 Å². The average Bonchev–Trinajstić information content (AvgIpc) is 2.63. The topological polar surface area (TPSA) is 69.2 Å². The maximum absolute atomic E-state index is 10.9. The molecule has 64 valence electrons. The van der Waals surface area contributed by atoms with Crippen LogP contribution in [0.4, 0.5) is 0 Å². The van der Waals surface area contributed by atoms with E-state index in [1.165, 1.54) is 0 Å². The van der Waals surface area contributed by atoms with Crippen molar-refractivity contribution in [1.82, 2.24) is 4.72 Å². The Labute approximate surface area is 67.8 Å². The fraction of sp³-hybridized carbons (Fsp3) is 0.833. The lowest BCUT2D eigenvalue weighted by atomic mass is 10.2. The average molecular weight is 176 g/mol. The van der Waals surface area contributed by atoms with Gasteiger partial charge in [-0.25, -0.2) is 0 Å². The summed E-state index contributed by atoms with van der Waals surface area (Å²) in [5.41, 5.74) is 0. The largest absolute Gasteiger partial charge is 0.755 e. The summed E-state index contributed by atoms with van der Waals surface area (Å²) in [5, 5.41) is 0. The molecule has 0 radical (unpaired) electrons. The molecule has 1 N–H and O–H groups in total. The first-order valence-electron chi connectivity index (χ1n) is 3.55. The van der Waals surface area contributed by atoms with E-state index in [1.54, 1.807) is 0 Å². The first-order chi connectivity index (χ1) is 5.15. The molecule has 1 amide bonds. The van der Waals surface area contributed by atoms with Crippen molar-refractivity contribution < 1.29 is 13.6 Å². The molecule has 5 heteroatoms. The van der Waals surface area contributed by atoms with Gasteiger partial charge in [0.2, 0.25) is 5.91 Å². The zero-order chi connectivity index (χ0) is 8.43. The summed E-state index contributed by atoms with van der Waals surface area (Å²) >= 11 is -2.44. The Bertz CT molecular complexity index is 194. The molecule has 3 atom stereocenters. The molecule has 0 heterocycles. The predicted octanol–water partition coefficient (Wildman–Crippen LogP) is -0.0572. The second-order valence-electron chi connectivity index (χ2n) is 2.71. The van der Waals surface area contributed by atoms with E-state index in [2.05, 4.69) is 0 Å². The molecule has 11 heavy (non-hydrogen) atoms. The summed E-state index contributed by atoms with van der Waals surface area (Å²) in [6.45, 7) is 1.99. The molecule has 4 nitrogen and oxygen atoms in total. The van der Waals surface area contributed by atoms with Gasteiger partial charge in [-0.15, -0.1) is 0 Å². The predicted molar refractivity (Wildman–Crippen MR) is 39.0 cm³/mol. The molecule has 1 saturated carbocycles. The summed E-state index contributed by atoms with van der Waals surface area (Å²) in [4.78, 5) is 10.9. The molecule has 0 aliphatic heterocycles. The molecule has 0 aromatic carbocycles. The SMILES string of the molecule is CCC1CC1C(=O)NS(=O)[O-]. The third-order valence-electron chi connectivity index (χ3n) is 1.97. The van der Waals surface area contributed by atoms with Crippen molar-refractivity contribution in [3.63, 3.8) is 0 Å². The Morgan fingerprint density at radius 2 is 2.45 bits per heavy atom. The molecule has 1 aliphatic rings. The van der Waals surface area contributed by atoms with Crippen LogP contribution in [0.2, 0.25) is 0 Å². The van der Waals surface area contributed by atoms with Crippen LogP contribution < -0.4 is 4.72 Å². The van der Waals surface area contributed by atoms with Crippen molar-refractivity contribution >= 4 is 17.2 Å². The van der Waals surface area contributed by atoms with Crippen LogP contribution in [0.25, 0.3) is 0 Å². The monoisotopic (exact) mass is 176 g/mol. The molecular formula is C6H10NO3S-. The van der Waals surface area contributed by atoms with Gasteiger partial charge in [0.1, 0.15) is 0 Å². The minimum Gasteiger partial charge on any atom is -0.755 e. The van der Waals surface area contributed by atoms with Crippen molar-refractivity contribution in [1.29, 1.82) is 0 Å². The van der Waals surface area contributed by atoms with Crippen LogP contribution in [-0.4, -0.2) is 14.7 Å². The molecule has 1 aliphatic carbocycles. The number of carbonyl (C=O) groups is 1. The molecule has 0 saturated heterocycles. The molecule has 3 unspecified atom stereocenters. The highest BCUT2D eigenvalue weighted by Gasteiger charge is 2.41. The Balaban J connectivity index is 2.28. The second-order valence-corrected chi connectivity index (χ2v) is 3.39. The van der Waals surface area contributed by atoms with E-state index in [0.29, 0.717) is 5.92 Å². The van der Waals surface area contributed by atoms with Gasteiger partial charge in [0.05, 0.1) is 0 Å². The Morgan fingerprint density at radius 3 is 2.82 bits per heavy atom. The zero-order valence-corrected chi connectivity index (χ0v) is 7.02. The minimum absolute atomic E-state index is 0.0575. The van der Waals surface area contributed by atoms with Crippen molar-refractivity contribution in [3.05, 3.63) is 0 Å². The minimum atomic E-state index is -2.44. The number of amides is 1. The van der Waals surface area contributed by atoms with Gasteiger partial charge in [-0.3, -0.25) is 13.7 Å². The van der Waals surface area contributed by atoms with Crippen LogP contribution in [0.15, 0.2) is 0 Å². The fourth-order valence-corrected chi connectivity index (χ4v) is 1.49. The van der Waals surface area contributed by atoms with Crippen molar-refractivity contribution in [2.45, 2.75) is 19.8 Å². The van der Waals surface area contributed by atoms with E-state index in [0.717, 1.165) is 12.8 Å². The Kier molecular flexibility index (Phi) is 2.62. The first kappa shape index (κ1) is 8.67. The smallest absolute Gasteiger partial charge is 0.234 e. The second kappa shape index (κ2) is 3.32. The van der Waals surface area contributed by atoms with Crippen LogP contribution in [0.1, 0.15) is 19.8 Å². The highest BCUT2D eigenvalue weighted by Crippen LogP contribution is 2.40. The lowest BCUT2D eigenvalue weighted by Crippen LogP contribution is -2.27. The highest BCUT2D eigenvalue weighted by atomic mass is 32.2. The summed E-state index contributed by atoms with van der Waals surface area (Å²) < 4.78 is 21.9. The summed E-state index contributed by atoms with van der Waals surface area (Å²) in [5.74, 6) is -0.0124. The lowest BCUT2D eigenvalue weighted by Gasteiger charge is -2.05. The van der Waals surface area contributed by atoms with Crippen LogP contribution in [-0.2, 0) is 16.1 Å². The van der Waals surface area contributed by atoms with Gasteiger partial charge in [-0.05, 0) is 12.3 Å². The standard InChI is InChI=1S/C6H11NO3S/c1-2-4-3-5(4)6(8)7-11(9)10/h4-5H,2-3H2,1H3,(H,7,8)(H,9,10)/p-1. The Hall–Kier alpha value is -0.420. The van der Waals surface area contributed by atoms with Gasteiger partial charge in [0, 0.05) is 17.2 Å². The summed E-state index contributed by atoms with van der Waals surface area (Å²) in [7, 11) is 0. The molecule has 0 spiro atoms. The summed E-state index contributed by atoms with van der Waals surface area (Å²) in [6.07, 6.45) is 1.78. The van der Waals surface area contributed by atoms with E-state index in [9.17, 15) is 13.6 Å². The number of rotatable bonds is 3. The third-order valence-corrected chi connectivity index (χ3v) is 2.34. The molecule has 1 fully saturated rings. The van der Waals surface area contributed by atoms with E-state index in [-0.39, 0.29) is 11.8 Å². The zero-order valence-electron chi connectivity index (χ0n) is 6.20. The normalized spacial score (nSPS) is 31.1. The number of hydrogen-bond donors (Lipinski definition) is 1. The third kappa shape index (κ3) is 2.27. The molecule has 0 aromatic rings. The van der Waals surface area contributed by atoms with Crippen LogP contribution in [0.3, 0.4) is 0 Å². The van der Waals surface area contributed by atoms with Gasteiger partial charge >= 0.3 is 0 Å². The summed E-state index contributed by atoms with van der Waals surface area (Å²) in [6, 6.07) is 0. The molecule has 0 bridgehead atoms. The quantitative estimate of drug-likeness (QED) is 0.612. The van der Waals surface area contributed by atoms with Crippen LogP contribution in [0, 0.1) is 11.8 Å². The van der Waals surface area contributed by atoms with Gasteiger partial charge < -0.3 is 4.55 Å². The van der Waals surface area contributed by atoms with Crippen LogP contribution in [0.5, 0.6) is 0 Å². The number of nitrogens with one attached hydrogen (secondary N) is 1. The van der Waals surface area contributed by atoms with E-state index in [1.807, 2.05) is 11.6 Å². The van der Waals surface area contributed by atoms with E-state index in [4.69, 9.17) is 0 Å². The van der Waals surface area contributed by atoms with Gasteiger partial charge in [0.15, 0.2) is 0 Å². The van der Waals surface area contributed by atoms with Gasteiger partial charge in [-0.2, -0.15) is 0 Å². The molecule has 1 rings (SSSR count). The number of carbonyl (C=O) groups excluding carboxylic acids is 1. The first-order valence-corrected chi connectivity index (χ1v) is 4.62. The van der Waals surface area contributed by atoms with Gasteiger partial charge in [-0.1, -0.05) is 13.3 Å². The van der Waals surface area contributed by atoms with Crippen LogP contribution >= 0.6 is 0 Å². The Morgan fingerprint density at radius 1 is 1.82 bits per heavy atom. The van der Waals surface area contributed by atoms with Crippen molar-refractivity contribution in [2.24, 2.45) is 11.8 Å². The molecule has 0 aromatic heterocycles. The highest BCUT2D eigenvalue weighted by molar-refractivity contribution is 7.77. The maximum Gasteiger partial charge on any atom is 0.234 e. The van der Waals surface area contributed by atoms with E-state index >= 15 is 0 Å². The van der Waals surface area contributed by atoms with Crippen molar-refractivity contribution in [3.8, 4) is 0 Å². The maximum atomic E-state index is 10.9. The number of hydrogen-bond acceptors (Lipinski definition) is 3. The van der Waals surface area contributed by atoms with E-state index < -0.39 is 11.3 Å².